The summed E-state index contributed by atoms with van der Waals surface area (Å²) < 4.78 is 5.42. The van der Waals surface area contributed by atoms with Crippen LogP contribution >= 0.6 is 0 Å². The molecule has 4 heteroatoms. The number of hydrogen-bond donors (Lipinski definition) is 1. The smallest absolute Gasteiger partial charge is 0.248 e. The van der Waals surface area contributed by atoms with E-state index in [1.54, 1.807) is 19.2 Å². The minimum Gasteiger partial charge on any atom is -0.496 e. The molecule has 22 heavy (non-hydrogen) atoms. The van der Waals surface area contributed by atoms with Gasteiger partial charge in [0.05, 0.1) is 7.11 Å². The fourth-order valence-electron chi connectivity index (χ4n) is 2.46. The lowest BCUT2D eigenvalue weighted by molar-refractivity contribution is 0.100. The zero-order chi connectivity index (χ0) is 16.1. The Labute approximate surface area is 131 Å². The van der Waals surface area contributed by atoms with Crippen LogP contribution in [0.4, 0.5) is 0 Å². The number of ether oxygens (including phenoxy) is 1. The summed E-state index contributed by atoms with van der Waals surface area (Å²) in [6, 6.07) is 13.6. The van der Waals surface area contributed by atoms with Crippen molar-refractivity contribution in [1.82, 2.24) is 4.90 Å². The van der Waals surface area contributed by atoms with Crippen LogP contribution in [0.3, 0.4) is 0 Å². The third-order valence-corrected chi connectivity index (χ3v) is 3.57. The number of amides is 1. The van der Waals surface area contributed by atoms with Crippen LogP contribution in [0.2, 0.25) is 0 Å². The third-order valence-electron chi connectivity index (χ3n) is 3.57. The van der Waals surface area contributed by atoms with Gasteiger partial charge in [-0.15, -0.1) is 0 Å². The number of nitrogens with zero attached hydrogens (tertiary/aromatic N) is 1. The Morgan fingerprint density at radius 3 is 2.41 bits per heavy atom. The highest BCUT2D eigenvalue weighted by molar-refractivity contribution is 5.92. The minimum atomic E-state index is -0.399. The van der Waals surface area contributed by atoms with Crippen molar-refractivity contribution in [2.75, 3.05) is 14.2 Å². The molecule has 1 amide bonds. The zero-order valence-corrected chi connectivity index (χ0v) is 13.3. The molecule has 0 spiro atoms. The van der Waals surface area contributed by atoms with E-state index in [1.165, 1.54) is 11.1 Å². The summed E-state index contributed by atoms with van der Waals surface area (Å²) in [6.45, 7) is 3.66. The van der Waals surface area contributed by atoms with Crippen LogP contribution in [-0.4, -0.2) is 25.0 Å². The predicted octanol–water partition coefficient (Wildman–Crippen LogP) is 2.73. The van der Waals surface area contributed by atoms with Crippen molar-refractivity contribution in [3.63, 3.8) is 0 Å². The van der Waals surface area contributed by atoms with Gasteiger partial charge in [-0.3, -0.25) is 9.69 Å². The van der Waals surface area contributed by atoms with Crippen molar-refractivity contribution in [3.8, 4) is 5.75 Å². The fourth-order valence-corrected chi connectivity index (χ4v) is 2.46. The number of rotatable bonds is 6. The molecular weight excluding hydrogens is 276 g/mol. The Morgan fingerprint density at radius 1 is 1.14 bits per heavy atom. The molecule has 2 N–H and O–H groups in total. The van der Waals surface area contributed by atoms with Gasteiger partial charge >= 0.3 is 0 Å². The standard InChI is InChI=1S/C18H22N2O2/c1-13-4-9-17(22-3)16(10-13)12-20(2)11-14-5-7-15(8-6-14)18(19)21/h4-10H,11-12H2,1-3H3,(H2,19,21). The van der Waals surface area contributed by atoms with Crippen molar-refractivity contribution >= 4 is 5.91 Å². The molecule has 4 nitrogen and oxygen atoms in total. The van der Waals surface area contributed by atoms with E-state index in [2.05, 4.69) is 24.9 Å². The summed E-state index contributed by atoms with van der Waals surface area (Å²) in [4.78, 5) is 13.3. The number of carbonyl (C=O) groups excluding carboxylic acids is 1. The summed E-state index contributed by atoms with van der Waals surface area (Å²) >= 11 is 0. The molecule has 0 aliphatic rings. The Kier molecular flexibility index (Phi) is 5.17. The summed E-state index contributed by atoms with van der Waals surface area (Å²) in [5.74, 6) is 0.505. The van der Waals surface area contributed by atoms with Crippen LogP contribution in [0.5, 0.6) is 5.75 Å². The molecule has 116 valence electrons. The largest absolute Gasteiger partial charge is 0.496 e. The molecule has 0 unspecified atom stereocenters. The number of methoxy groups -OCH3 is 1. The van der Waals surface area contributed by atoms with Crippen molar-refractivity contribution in [1.29, 1.82) is 0 Å². The molecule has 0 atom stereocenters. The van der Waals surface area contributed by atoms with E-state index in [9.17, 15) is 4.79 Å². The van der Waals surface area contributed by atoms with Crippen molar-refractivity contribution in [3.05, 3.63) is 64.7 Å². The first-order chi connectivity index (χ1) is 10.5. The molecule has 2 aromatic rings. The van der Waals surface area contributed by atoms with E-state index < -0.39 is 5.91 Å². The normalized spacial score (nSPS) is 10.7. The first-order valence-corrected chi connectivity index (χ1v) is 7.20. The number of primary amides is 1. The zero-order valence-electron chi connectivity index (χ0n) is 13.3. The Balaban J connectivity index is 2.05. The van der Waals surface area contributed by atoms with Crippen molar-refractivity contribution in [2.45, 2.75) is 20.0 Å². The number of carbonyl (C=O) groups is 1. The summed E-state index contributed by atoms with van der Waals surface area (Å²) in [5, 5.41) is 0. The van der Waals surface area contributed by atoms with Crippen LogP contribution in [0.1, 0.15) is 27.0 Å². The molecule has 0 radical (unpaired) electrons. The summed E-state index contributed by atoms with van der Waals surface area (Å²) in [5.41, 5.74) is 9.31. The van der Waals surface area contributed by atoms with Crippen molar-refractivity contribution in [2.24, 2.45) is 5.73 Å². The van der Waals surface area contributed by atoms with E-state index in [4.69, 9.17) is 10.5 Å². The fraction of sp³-hybridized carbons (Fsp3) is 0.278. The topological polar surface area (TPSA) is 55.6 Å². The second kappa shape index (κ2) is 7.09. The monoisotopic (exact) mass is 298 g/mol. The third kappa shape index (κ3) is 4.09. The number of aryl methyl sites for hydroxylation is 1. The molecule has 0 heterocycles. The number of benzene rings is 2. The second-order valence-electron chi connectivity index (χ2n) is 5.55. The van der Waals surface area contributed by atoms with Gasteiger partial charge in [-0.25, -0.2) is 0 Å². The van der Waals surface area contributed by atoms with E-state index >= 15 is 0 Å². The van der Waals surface area contributed by atoms with Gasteiger partial charge in [-0.2, -0.15) is 0 Å². The molecule has 0 saturated heterocycles. The molecule has 0 saturated carbocycles. The number of hydrogen-bond acceptors (Lipinski definition) is 3. The van der Waals surface area contributed by atoms with E-state index in [-0.39, 0.29) is 0 Å². The van der Waals surface area contributed by atoms with Crippen LogP contribution in [-0.2, 0) is 13.1 Å². The first kappa shape index (κ1) is 16.0. The molecule has 0 fully saturated rings. The summed E-state index contributed by atoms with van der Waals surface area (Å²) in [6.07, 6.45) is 0. The quantitative estimate of drug-likeness (QED) is 0.892. The van der Waals surface area contributed by atoms with E-state index in [0.29, 0.717) is 5.56 Å². The SMILES string of the molecule is COc1ccc(C)cc1CN(C)Cc1ccc(C(N)=O)cc1. The predicted molar refractivity (Wildman–Crippen MR) is 87.9 cm³/mol. The highest BCUT2D eigenvalue weighted by Gasteiger charge is 2.08. The Hall–Kier alpha value is -2.33. The van der Waals surface area contributed by atoms with E-state index in [0.717, 1.165) is 24.4 Å². The van der Waals surface area contributed by atoms with Gasteiger partial charge in [-0.1, -0.05) is 29.8 Å². The maximum atomic E-state index is 11.1. The lowest BCUT2D eigenvalue weighted by atomic mass is 10.1. The average molecular weight is 298 g/mol. The van der Waals surface area contributed by atoms with Gasteiger partial charge in [0.2, 0.25) is 5.91 Å². The second-order valence-corrected chi connectivity index (χ2v) is 5.55. The molecule has 2 aromatic carbocycles. The Bertz CT molecular complexity index is 651. The molecule has 0 aliphatic carbocycles. The van der Waals surface area contributed by atoms with Gasteiger partial charge in [0.15, 0.2) is 0 Å². The van der Waals surface area contributed by atoms with Crippen LogP contribution in [0.25, 0.3) is 0 Å². The van der Waals surface area contributed by atoms with Gasteiger partial charge in [0.1, 0.15) is 5.75 Å². The molecule has 2 rings (SSSR count). The molecule has 0 bridgehead atoms. The molecule has 0 aromatic heterocycles. The Morgan fingerprint density at radius 2 is 1.82 bits per heavy atom. The molecular formula is C18H22N2O2. The minimum absolute atomic E-state index is 0.399. The van der Waals surface area contributed by atoms with Crippen LogP contribution in [0, 0.1) is 6.92 Å². The average Bonchev–Trinajstić information content (AvgIpc) is 2.48. The van der Waals surface area contributed by atoms with E-state index in [1.807, 2.05) is 24.3 Å². The van der Waals surface area contributed by atoms with Crippen LogP contribution in [0.15, 0.2) is 42.5 Å². The lowest BCUT2D eigenvalue weighted by Crippen LogP contribution is -2.18. The first-order valence-electron chi connectivity index (χ1n) is 7.20. The van der Waals surface area contributed by atoms with Gasteiger partial charge in [-0.05, 0) is 37.7 Å². The highest BCUT2D eigenvalue weighted by Crippen LogP contribution is 2.21. The summed E-state index contributed by atoms with van der Waals surface area (Å²) in [7, 11) is 3.75. The van der Waals surface area contributed by atoms with Gasteiger partial charge in [0, 0.05) is 24.2 Å². The maximum absolute atomic E-state index is 11.1. The lowest BCUT2D eigenvalue weighted by Gasteiger charge is -2.19. The van der Waals surface area contributed by atoms with Gasteiger partial charge < -0.3 is 10.5 Å². The van der Waals surface area contributed by atoms with Gasteiger partial charge in [0.25, 0.3) is 0 Å². The molecule has 0 aliphatic heterocycles. The highest BCUT2D eigenvalue weighted by atomic mass is 16.5. The van der Waals surface area contributed by atoms with Crippen molar-refractivity contribution < 1.29 is 9.53 Å². The number of nitrogens with two attached hydrogens (primary N) is 1. The maximum Gasteiger partial charge on any atom is 0.248 e. The van der Waals surface area contributed by atoms with Crippen LogP contribution < -0.4 is 10.5 Å².